The molecule has 1 aliphatic heterocycles. The van der Waals surface area contributed by atoms with Crippen LogP contribution in [0.3, 0.4) is 0 Å². The lowest BCUT2D eigenvalue weighted by Gasteiger charge is -2.26. The van der Waals surface area contributed by atoms with Gasteiger partial charge in [0.1, 0.15) is 0 Å². The lowest BCUT2D eigenvalue weighted by molar-refractivity contribution is -0.124. The third kappa shape index (κ3) is 2.70. The number of nitrogens with zero attached hydrogens (tertiary/aromatic N) is 1. The van der Waals surface area contributed by atoms with Crippen molar-refractivity contribution >= 4 is 11.8 Å². The molecule has 1 heterocycles. The van der Waals surface area contributed by atoms with E-state index in [-0.39, 0.29) is 17.9 Å². The van der Waals surface area contributed by atoms with Crippen molar-refractivity contribution in [2.24, 2.45) is 5.73 Å². The standard InChI is InChI=1S/C9H17N3O2/c1-2-7(9(10)14)12-5-3-8(13)11-4-6-12/h7H,2-6H2,1H3,(H2,10,14)(H,11,13). The summed E-state index contributed by atoms with van der Waals surface area (Å²) < 4.78 is 0. The van der Waals surface area contributed by atoms with E-state index in [1.54, 1.807) is 0 Å². The molecule has 1 unspecified atom stereocenters. The molecular formula is C9H17N3O2. The highest BCUT2D eigenvalue weighted by Gasteiger charge is 2.23. The molecule has 0 spiro atoms. The van der Waals surface area contributed by atoms with E-state index in [1.165, 1.54) is 0 Å². The second-order valence-corrected chi connectivity index (χ2v) is 3.46. The normalized spacial score (nSPS) is 21.1. The highest BCUT2D eigenvalue weighted by atomic mass is 16.2. The Bertz CT molecular complexity index is 230. The van der Waals surface area contributed by atoms with Crippen molar-refractivity contribution in [3.8, 4) is 0 Å². The Hall–Kier alpha value is -1.10. The number of carbonyl (C=O) groups is 2. The first kappa shape index (κ1) is 11.0. The predicted molar refractivity (Wildman–Crippen MR) is 52.5 cm³/mol. The van der Waals surface area contributed by atoms with Crippen LogP contribution >= 0.6 is 0 Å². The van der Waals surface area contributed by atoms with Gasteiger partial charge in [-0.15, -0.1) is 0 Å². The fourth-order valence-corrected chi connectivity index (χ4v) is 1.74. The van der Waals surface area contributed by atoms with E-state index >= 15 is 0 Å². The number of primary amides is 1. The van der Waals surface area contributed by atoms with Gasteiger partial charge < -0.3 is 11.1 Å². The van der Waals surface area contributed by atoms with Gasteiger partial charge in [-0.1, -0.05) is 6.92 Å². The zero-order valence-corrected chi connectivity index (χ0v) is 8.45. The third-order valence-corrected chi connectivity index (χ3v) is 2.50. The summed E-state index contributed by atoms with van der Waals surface area (Å²) in [5.74, 6) is -0.256. The molecule has 0 radical (unpaired) electrons. The first-order chi connectivity index (χ1) is 6.65. The minimum absolute atomic E-state index is 0.0480. The number of hydrogen-bond donors (Lipinski definition) is 2. The molecule has 1 atom stereocenters. The minimum Gasteiger partial charge on any atom is -0.368 e. The van der Waals surface area contributed by atoms with Gasteiger partial charge in [0.2, 0.25) is 11.8 Å². The maximum absolute atomic E-state index is 11.1. The Morgan fingerprint density at radius 3 is 2.93 bits per heavy atom. The van der Waals surface area contributed by atoms with E-state index in [4.69, 9.17) is 5.73 Å². The highest BCUT2D eigenvalue weighted by Crippen LogP contribution is 2.06. The maximum atomic E-state index is 11.1. The van der Waals surface area contributed by atoms with Crippen molar-refractivity contribution in [2.75, 3.05) is 19.6 Å². The van der Waals surface area contributed by atoms with Gasteiger partial charge >= 0.3 is 0 Å². The van der Waals surface area contributed by atoms with Crippen molar-refractivity contribution in [3.63, 3.8) is 0 Å². The molecular weight excluding hydrogens is 182 g/mol. The quantitative estimate of drug-likeness (QED) is 0.616. The monoisotopic (exact) mass is 199 g/mol. The van der Waals surface area contributed by atoms with Gasteiger partial charge in [0.05, 0.1) is 6.04 Å². The van der Waals surface area contributed by atoms with E-state index in [9.17, 15) is 9.59 Å². The van der Waals surface area contributed by atoms with Crippen molar-refractivity contribution in [2.45, 2.75) is 25.8 Å². The van der Waals surface area contributed by atoms with Crippen LogP contribution in [0.1, 0.15) is 19.8 Å². The van der Waals surface area contributed by atoms with Crippen LogP contribution in [0.15, 0.2) is 0 Å². The molecule has 1 fully saturated rings. The van der Waals surface area contributed by atoms with Gasteiger partial charge in [0, 0.05) is 26.1 Å². The van der Waals surface area contributed by atoms with Crippen molar-refractivity contribution < 1.29 is 9.59 Å². The fourth-order valence-electron chi connectivity index (χ4n) is 1.74. The molecule has 0 aromatic carbocycles. The summed E-state index contributed by atoms with van der Waals surface area (Å²) in [7, 11) is 0. The lowest BCUT2D eigenvalue weighted by Crippen LogP contribution is -2.45. The molecule has 80 valence electrons. The van der Waals surface area contributed by atoms with E-state index in [1.807, 2.05) is 11.8 Å². The molecule has 3 N–H and O–H groups in total. The maximum Gasteiger partial charge on any atom is 0.234 e. The second-order valence-electron chi connectivity index (χ2n) is 3.46. The fraction of sp³-hybridized carbons (Fsp3) is 0.778. The average Bonchev–Trinajstić information content (AvgIpc) is 2.32. The Labute approximate surface area is 83.6 Å². The third-order valence-electron chi connectivity index (χ3n) is 2.50. The zero-order chi connectivity index (χ0) is 10.6. The Kier molecular flexibility index (Phi) is 3.88. The van der Waals surface area contributed by atoms with Crippen molar-refractivity contribution in [3.05, 3.63) is 0 Å². The predicted octanol–water partition coefficient (Wildman–Crippen LogP) is -0.928. The van der Waals surface area contributed by atoms with Gasteiger partial charge in [-0.25, -0.2) is 0 Å². The number of carbonyl (C=O) groups excluding carboxylic acids is 2. The summed E-state index contributed by atoms with van der Waals surface area (Å²) in [6.07, 6.45) is 1.15. The number of hydrogen-bond acceptors (Lipinski definition) is 3. The van der Waals surface area contributed by atoms with Crippen LogP contribution in [-0.2, 0) is 9.59 Å². The topological polar surface area (TPSA) is 75.4 Å². The first-order valence-electron chi connectivity index (χ1n) is 4.95. The first-order valence-corrected chi connectivity index (χ1v) is 4.95. The van der Waals surface area contributed by atoms with Gasteiger partial charge in [-0.3, -0.25) is 14.5 Å². The molecule has 0 aliphatic carbocycles. The van der Waals surface area contributed by atoms with Crippen LogP contribution < -0.4 is 11.1 Å². The van der Waals surface area contributed by atoms with Gasteiger partial charge in [-0.05, 0) is 6.42 Å². The summed E-state index contributed by atoms with van der Waals surface area (Å²) in [6, 6.07) is -0.234. The van der Waals surface area contributed by atoms with Crippen LogP contribution in [0.25, 0.3) is 0 Å². The number of nitrogens with two attached hydrogens (primary N) is 1. The van der Waals surface area contributed by atoms with Crippen LogP contribution in [-0.4, -0.2) is 42.4 Å². The molecule has 0 aromatic heterocycles. The molecule has 0 saturated carbocycles. The van der Waals surface area contributed by atoms with Crippen LogP contribution in [0, 0.1) is 0 Å². The lowest BCUT2D eigenvalue weighted by atomic mass is 10.1. The van der Waals surface area contributed by atoms with Gasteiger partial charge in [-0.2, -0.15) is 0 Å². The second kappa shape index (κ2) is 4.95. The van der Waals surface area contributed by atoms with Gasteiger partial charge in [0.15, 0.2) is 0 Å². The minimum atomic E-state index is -0.304. The van der Waals surface area contributed by atoms with Crippen molar-refractivity contribution in [1.82, 2.24) is 10.2 Å². The molecule has 5 nitrogen and oxygen atoms in total. The van der Waals surface area contributed by atoms with Crippen molar-refractivity contribution in [1.29, 1.82) is 0 Å². The smallest absolute Gasteiger partial charge is 0.234 e. The number of nitrogens with one attached hydrogen (secondary N) is 1. The van der Waals surface area contributed by atoms with Crippen LogP contribution in [0.5, 0.6) is 0 Å². The summed E-state index contributed by atoms with van der Waals surface area (Å²) >= 11 is 0. The van der Waals surface area contributed by atoms with Crippen LogP contribution in [0.2, 0.25) is 0 Å². The molecule has 0 aromatic rings. The molecule has 1 aliphatic rings. The van der Waals surface area contributed by atoms with E-state index in [2.05, 4.69) is 5.32 Å². The Morgan fingerprint density at radius 1 is 1.64 bits per heavy atom. The summed E-state index contributed by atoms with van der Waals surface area (Å²) in [4.78, 5) is 24.1. The molecule has 1 rings (SSSR count). The molecule has 5 heteroatoms. The summed E-state index contributed by atoms with van der Waals surface area (Å²) in [6.45, 7) is 3.85. The number of rotatable bonds is 3. The molecule has 1 saturated heterocycles. The highest BCUT2D eigenvalue weighted by molar-refractivity contribution is 5.80. The SMILES string of the molecule is CCC(C(N)=O)N1CCNC(=O)CC1. The van der Waals surface area contributed by atoms with Crippen LogP contribution in [0.4, 0.5) is 0 Å². The molecule has 14 heavy (non-hydrogen) atoms. The average molecular weight is 199 g/mol. The van der Waals surface area contributed by atoms with E-state index in [0.29, 0.717) is 32.5 Å². The molecule has 2 amide bonds. The van der Waals surface area contributed by atoms with E-state index < -0.39 is 0 Å². The summed E-state index contributed by atoms with van der Waals surface area (Å²) in [5.41, 5.74) is 5.28. The largest absolute Gasteiger partial charge is 0.368 e. The zero-order valence-electron chi connectivity index (χ0n) is 8.45. The number of amides is 2. The van der Waals surface area contributed by atoms with Gasteiger partial charge in [0.25, 0.3) is 0 Å². The van der Waals surface area contributed by atoms with E-state index in [0.717, 1.165) is 0 Å². The Morgan fingerprint density at radius 2 is 2.36 bits per heavy atom. The summed E-state index contributed by atoms with van der Waals surface area (Å²) in [5, 5.41) is 2.76. The Balaban J connectivity index is 2.57. The molecule has 0 bridgehead atoms.